The highest BCUT2D eigenvalue weighted by atomic mass is 35.5. The predicted molar refractivity (Wildman–Crippen MR) is 81.3 cm³/mol. The lowest BCUT2D eigenvalue weighted by Gasteiger charge is -2.09. The minimum atomic E-state index is -0.362. The van der Waals surface area contributed by atoms with Gasteiger partial charge in [0, 0.05) is 4.90 Å². The Bertz CT molecular complexity index is 477. The first-order valence-corrected chi connectivity index (χ1v) is 7.24. The fourth-order valence-electron chi connectivity index (χ4n) is 1.78. The fraction of sp³-hybridized carbons (Fsp3) is 0.429. The Labute approximate surface area is 123 Å². The highest BCUT2D eigenvalue weighted by Crippen LogP contribution is 2.29. The van der Waals surface area contributed by atoms with Gasteiger partial charge in [-0.05, 0) is 38.8 Å². The number of carbonyl (C=O) groups excluding carboxylic acids is 1. The van der Waals surface area contributed by atoms with E-state index in [1.54, 1.807) is 6.92 Å². The van der Waals surface area contributed by atoms with Gasteiger partial charge in [0.2, 0.25) is 0 Å². The highest BCUT2D eigenvalue weighted by Gasteiger charge is 2.08. The molecule has 0 atom stereocenters. The van der Waals surface area contributed by atoms with Gasteiger partial charge in [-0.3, -0.25) is 9.79 Å². The number of aliphatic imine (C=N–C) groups is 1. The third-order valence-corrected chi connectivity index (χ3v) is 3.93. The van der Waals surface area contributed by atoms with Crippen molar-refractivity contribution >= 4 is 33.8 Å². The van der Waals surface area contributed by atoms with Gasteiger partial charge in [0.25, 0.3) is 0 Å². The fourth-order valence-corrected chi connectivity index (χ4v) is 2.81. The van der Waals surface area contributed by atoms with Crippen LogP contribution in [-0.4, -0.2) is 23.6 Å². The van der Waals surface area contributed by atoms with E-state index in [2.05, 4.69) is 24.0 Å². The zero-order valence-corrected chi connectivity index (χ0v) is 13.2. The molecule has 1 aromatic carbocycles. The molecule has 0 amide bonds. The summed E-state index contributed by atoms with van der Waals surface area (Å²) in [4.78, 5) is 16.3. The molecule has 1 rings (SSSR count). The molecule has 19 heavy (non-hydrogen) atoms. The summed E-state index contributed by atoms with van der Waals surface area (Å²) in [7, 11) is 0. The van der Waals surface area contributed by atoms with Crippen molar-refractivity contribution < 1.29 is 9.53 Å². The van der Waals surface area contributed by atoms with Gasteiger partial charge in [0.05, 0.1) is 6.61 Å². The molecule has 0 saturated heterocycles. The molecule has 0 aliphatic carbocycles. The monoisotopic (exact) mass is 299 g/mol. The molecule has 0 aliphatic rings. The van der Waals surface area contributed by atoms with Crippen molar-refractivity contribution in [1.82, 2.24) is 0 Å². The second kappa shape index (κ2) is 7.56. The Balaban J connectivity index is 2.74. The number of hydrogen-bond acceptors (Lipinski definition) is 4. The average molecular weight is 300 g/mol. The molecule has 0 aromatic heterocycles. The molecule has 0 aliphatic heterocycles. The van der Waals surface area contributed by atoms with Crippen molar-refractivity contribution in [2.24, 2.45) is 4.99 Å². The molecule has 5 heteroatoms. The minimum absolute atomic E-state index is 0.0381. The van der Waals surface area contributed by atoms with Gasteiger partial charge >= 0.3 is 5.97 Å². The van der Waals surface area contributed by atoms with Crippen LogP contribution in [0.5, 0.6) is 0 Å². The second-order valence-corrected chi connectivity index (χ2v) is 5.79. The Morgan fingerprint density at radius 3 is 2.42 bits per heavy atom. The number of rotatable bonds is 4. The van der Waals surface area contributed by atoms with Gasteiger partial charge in [-0.2, -0.15) is 0 Å². The molecule has 1 aromatic rings. The summed E-state index contributed by atoms with van der Waals surface area (Å²) in [5, 5.41) is 0. The Morgan fingerprint density at radius 1 is 1.32 bits per heavy atom. The molecule has 0 saturated carbocycles. The summed E-state index contributed by atoms with van der Waals surface area (Å²) in [5.74, 6) is -0.362. The van der Waals surface area contributed by atoms with Crippen molar-refractivity contribution in [3.63, 3.8) is 0 Å². The Hall–Kier alpha value is -1.00. The van der Waals surface area contributed by atoms with Crippen LogP contribution in [0.4, 0.5) is 0 Å². The molecular weight excluding hydrogens is 282 g/mol. The van der Waals surface area contributed by atoms with Crippen LogP contribution in [0.15, 0.2) is 22.0 Å². The van der Waals surface area contributed by atoms with Gasteiger partial charge in [-0.1, -0.05) is 41.1 Å². The first-order valence-electron chi connectivity index (χ1n) is 6.05. The lowest BCUT2D eigenvalue weighted by atomic mass is 10.1. The standard InChI is InChI=1S/C14H18ClNO2S/c1-5-18-12(17)8-16-14(15)19-13-10(3)6-9(2)7-11(13)4/h6-7H,5,8H2,1-4H3. The lowest BCUT2D eigenvalue weighted by molar-refractivity contribution is -0.141. The first kappa shape index (κ1) is 16.1. The SMILES string of the molecule is CCOC(=O)CN=C(Cl)Sc1c(C)cc(C)cc1C. The summed E-state index contributed by atoms with van der Waals surface area (Å²) in [6.45, 7) is 8.22. The van der Waals surface area contributed by atoms with E-state index in [4.69, 9.17) is 16.3 Å². The van der Waals surface area contributed by atoms with Crippen LogP contribution in [0.2, 0.25) is 0 Å². The number of aryl methyl sites for hydroxylation is 3. The van der Waals surface area contributed by atoms with Crippen LogP contribution in [0.1, 0.15) is 23.6 Å². The molecule has 0 spiro atoms. The van der Waals surface area contributed by atoms with Crippen LogP contribution in [0, 0.1) is 20.8 Å². The van der Waals surface area contributed by atoms with Crippen molar-refractivity contribution in [3.8, 4) is 0 Å². The van der Waals surface area contributed by atoms with Gasteiger partial charge in [0.1, 0.15) is 6.54 Å². The van der Waals surface area contributed by atoms with Crippen LogP contribution >= 0.6 is 23.4 Å². The summed E-state index contributed by atoms with van der Waals surface area (Å²) >= 11 is 7.42. The van der Waals surface area contributed by atoms with Crippen LogP contribution in [-0.2, 0) is 9.53 Å². The molecule has 0 heterocycles. The van der Waals surface area contributed by atoms with E-state index in [-0.39, 0.29) is 12.5 Å². The molecule has 104 valence electrons. The van der Waals surface area contributed by atoms with E-state index in [1.807, 2.05) is 13.8 Å². The topological polar surface area (TPSA) is 38.7 Å². The van der Waals surface area contributed by atoms with E-state index < -0.39 is 0 Å². The number of hydrogen-bond donors (Lipinski definition) is 0. The zero-order chi connectivity index (χ0) is 14.4. The number of halogens is 1. The van der Waals surface area contributed by atoms with Crippen molar-refractivity contribution in [3.05, 3.63) is 28.8 Å². The zero-order valence-electron chi connectivity index (χ0n) is 11.6. The van der Waals surface area contributed by atoms with Crippen molar-refractivity contribution in [2.75, 3.05) is 13.2 Å². The largest absolute Gasteiger partial charge is 0.465 e. The van der Waals surface area contributed by atoms with Crippen LogP contribution in [0.25, 0.3) is 0 Å². The smallest absolute Gasteiger partial charge is 0.327 e. The number of esters is 1. The number of carbonyl (C=O) groups is 1. The first-order chi connectivity index (χ1) is 8.93. The van der Waals surface area contributed by atoms with E-state index in [0.717, 1.165) is 16.0 Å². The number of benzene rings is 1. The quantitative estimate of drug-likeness (QED) is 0.367. The molecule has 0 N–H and O–H groups in total. The number of thioether (sulfide) groups is 1. The number of nitrogens with zero attached hydrogens (tertiary/aromatic N) is 1. The van der Waals surface area contributed by atoms with E-state index in [0.29, 0.717) is 11.1 Å². The predicted octanol–water partition coefficient (Wildman–Crippen LogP) is 3.86. The van der Waals surface area contributed by atoms with E-state index >= 15 is 0 Å². The normalized spacial score (nSPS) is 11.5. The Morgan fingerprint density at radius 2 is 1.89 bits per heavy atom. The van der Waals surface area contributed by atoms with Crippen LogP contribution in [0.3, 0.4) is 0 Å². The molecule has 0 radical (unpaired) electrons. The highest BCUT2D eigenvalue weighted by molar-refractivity contribution is 8.16. The van der Waals surface area contributed by atoms with E-state index in [1.165, 1.54) is 17.3 Å². The molecule has 0 fully saturated rings. The summed E-state index contributed by atoms with van der Waals surface area (Å²) in [6, 6.07) is 4.20. The van der Waals surface area contributed by atoms with Crippen LogP contribution < -0.4 is 0 Å². The maximum absolute atomic E-state index is 11.2. The summed E-state index contributed by atoms with van der Waals surface area (Å²) in [5.41, 5.74) is 3.54. The molecule has 0 bridgehead atoms. The second-order valence-electron chi connectivity index (χ2n) is 4.20. The summed E-state index contributed by atoms with van der Waals surface area (Å²) in [6.07, 6.45) is 0. The molecule has 3 nitrogen and oxygen atoms in total. The van der Waals surface area contributed by atoms with Gasteiger partial charge < -0.3 is 4.74 Å². The molecular formula is C14H18ClNO2S. The van der Waals surface area contributed by atoms with E-state index in [9.17, 15) is 4.79 Å². The third kappa shape index (κ3) is 5.25. The third-order valence-electron chi connectivity index (χ3n) is 2.43. The minimum Gasteiger partial charge on any atom is -0.465 e. The maximum Gasteiger partial charge on any atom is 0.327 e. The maximum atomic E-state index is 11.2. The van der Waals surface area contributed by atoms with Crippen molar-refractivity contribution in [2.45, 2.75) is 32.6 Å². The Kier molecular flexibility index (Phi) is 6.38. The lowest BCUT2D eigenvalue weighted by Crippen LogP contribution is -2.08. The van der Waals surface area contributed by atoms with Gasteiger partial charge in [-0.25, -0.2) is 0 Å². The number of ether oxygens (including phenoxy) is 1. The van der Waals surface area contributed by atoms with Crippen molar-refractivity contribution in [1.29, 1.82) is 0 Å². The summed E-state index contributed by atoms with van der Waals surface area (Å²) < 4.78 is 5.14. The molecule has 0 unspecified atom stereocenters. The average Bonchev–Trinajstić information content (AvgIpc) is 2.31. The van der Waals surface area contributed by atoms with Gasteiger partial charge in [0.15, 0.2) is 4.50 Å². The van der Waals surface area contributed by atoms with Gasteiger partial charge in [-0.15, -0.1) is 0 Å².